The summed E-state index contributed by atoms with van der Waals surface area (Å²) in [6, 6.07) is 11.0. The number of aromatic nitrogens is 1. The predicted octanol–water partition coefficient (Wildman–Crippen LogP) is 4.61. The number of hydrogen-bond acceptors (Lipinski definition) is 1. The molecule has 0 fully saturated rings. The smallest absolute Gasteiger partial charge is 0.0273 e. The minimum Gasteiger partial charge on any atom is -0.265 e. The predicted molar refractivity (Wildman–Crippen MR) is 77.8 cm³/mol. The lowest BCUT2D eigenvalue weighted by Gasteiger charge is -2.21. The SMILES string of the molecule is CCc1cc(-c2ccncc2)cc(C(C)(C)C)c1. The second-order valence-corrected chi connectivity index (χ2v) is 5.76. The van der Waals surface area contributed by atoms with Crippen molar-refractivity contribution in [3.63, 3.8) is 0 Å². The molecular formula is C17H21N. The highest BCUT2D eigenvalue weighted by Crippen LogP contribution is 2.29. The highest BCUT2D eigenvalue weighted by atomic mass is 14.6. The first-order chi connectivity index (χ1) is 8.50. The van der Waals surface area contributed by atoms with E-state index in [0.29, 0.717) is 0 Å². The Balaban J connectivity index is 2.55. The van der Waals surface area contributed by atoms with Crippen LogP contribution < -0.4 is 0 Å². The molecule has 1 heterocycles. The summed E-state index contributed by atoms with van der Waals surface area (Å²) in [6.07, 6.45) is 4.78. The number of nitrogens with zero attached hydrogens (tertiary/aromatic N) is 1. The van der Waals surface area contributed by atoms with E-state index >= 15 is 0 Å². The lowest BCUT2D eigenvalue weighted by atomic mass is 9.84. The molecule has 0 amide bonds. The van der Waals surface area contributed by atoms with E-state index in [1.54, 1.807) is 0 Å². The van der Waals surface area contributed by atoms with Crippen LogP contribution in [0.3, 0.4) is 0 Å². The zero-order valence-electron chi connectivity index (χ0n) is 11.7. The summed E-state index contributed by atoms with van der Waals surface area (Å²) in [7, 11) is 0. The van der Waals surface area contributed by atoms with Gasteiger partial charge >= 0.3 is 0 Å². The van der Waals surface area contributed by atoms with Crippen molar-refractivity contribution in [2.45, 2.75) is 39.5 Å². The van der Waals surface area contributed by atoms with E-state index in [-0.39, 0.29) is 5.41 Å². The molecule has 1 aromatic heterocycles. The maximum atomic E-state index is 4.08. The minimum absolute atomic E-state index is 0.187. The van der Waals surface area contributed by atoms with Gasteiger partial charge in [-0.25, -0.2) is 0 Å². The molecule has 0 radical (unpaired) electrons. The van der Waals surface area contributed by atoms with Crippen molar-refractivity contribution in [1.82, 2.24) is 4.98 Å². The molecule has 0 unspecified atom stereocenters. The van der Waals surface area contributed by atoms with Crippen LogP contribution in [0.2, 0.25) is 0 Å². The molecule has 0 aliphatic carbocycles. The van der Waals surface area contributed by atoms with Crippen molar-refractivity contribution in [3.05, 3.63) is 53.9 Å². The van der Waals surface area contributed by atoms with Gasteiger partial charge in [-0.2, -0.15) is 0 Å². The topological polar surface area (TPSA) is 12.9 Å². The maximum absolute atomic E-state index is 4.08. The molecule has 2 rings (SSSR count). The highest BCUT2D eigenvalue weighted by molar-refractivity contribution is 5.65. The Morgan fingerprint density at radius 3 is 2.17 bits per heavy atom. The second-order valence-electron chi connectivity index (χ2n) is 5.76. The highest BCUT2D eigenvalue weighted by Gasteiger charge is 2.15. The van der Waals surface area contributed by atoms with Crippen molar-refractivity contribution in [1.29, 1.82) is 0 Å². The van der Waals surface area contributed by atoms with Crippen molar-refractivity contribution in [2.75, 3.05) is 0 Å². The van der Waals surface area contributed by atoms with Crippen LogP contribution in [0.4, 0.5) is 0 Å². The number of benzene rings is 1. The molecule has 2 aromatic rings. The molecule has 1 nitrogen and oxygen atoms in total. The van der Waals surface area contributed by atoms with Gasteiger partial charge in [0.1, 0.15) is 0 Å². The zero-order valence-corrected chi connectivity index (χ0v) is 11.7. The largest absolute Gasteiger partial charge is 0.265 e. The van der Waals surface area contributed by atoms with Gasteiger partial charge in [0.2, 0.25) is 0 Å². The van der Waals surface area contributed by atoms with Crippen LogP contribution in [0.15, 0.2) is 42.7 Å². The summed E-state index contributed by atoms with van der Waals surface area (Å²) in [5.41, 5.74) is 5.52. The minimum atomic E-state index is 0.187. The Morgan fingerprint density at radius 1 is 0.944 bits per heavy atom. The van der Waals surface area contributed by atoms with Gasteiger partial charge in [-0.1, -0.05) is 45.9 Å². The molecule has 0 N–H and O–H groups in total. The second kappa shape index (κ2) is 4.93. The molecule has 0 bridgehead atoms. The van der Waals surface area contributed by atoms with Gasteiger partial charge in [0.15, 0.2) is 0 Å². The van der Waals surface area contributed by atoms with E-state index in [4.69, 9.17) is 0 Å². The van der Waals surface area contributed by atoms with Gasteiger partial charge in [-0.3, -0.25) is 4.98 Å². The average molecular weight is 239 g/mol. The number of aryl methyl sites for hydroxylation is 1. The van der Waals surface area contributed by atoms with Crippen molar-refractivity contribution >= 4 is 0 Å². The third kappa shape index (κ3) is 2.79. The van der Waals surface area contributed by atoms with Crippen LogP contribution in [0.25, 0.3) is 11.1 Å². The van der Waals surface area contributed by atoms with Crippen LogP contribution >= 0.6 is 0 Å². The lowest BCUT2D eigenvalue weighted by molar-refractivity contribution is 0.589. The molecule has 0 atom stereocenters. The molecule has 0 saturated carbocycles. The number of rotatable bonds is 2. The summed E-state index contributed by atoms with van der Waals surface area (Å²) in [5, 5.41) is 0. The first-order valence-corrected chi connectivity index (χ1v) is 6.55. The molecular weight excluding hydrogens is 218 g/mol. The zero-order chi connectivity index (χ0) is 13.2. The van der Waals surface area contributed by atoms with E-state index < -0.39 is 0 Å². The fourth-order valence-corrected chi connectivity index (χ4v) is 2.04. The van der Waals surface area contributed by atoms with E-state index in [9.17, 15) is 0 Å². The Labute approximate surface area is 110 Å². The van der Waals surface area contributed by atoms with Gasteiger partial charge in [0.05, 0.1) is 0 Å². The van der Waals surface area contributed by atoms with E-state index in [1.807, 2.05) is 12.4 Å². The molecule has 0 spiro atoms. The Morgan fingerprint density at radius 2 is 1.61 bits per heavy atom. The third-order valence-corrected chi connectivity index (χ3v) is 3.28. The number of hydrogen-bond donors (Lipinski definition) is 0. The Hall–Kier alpha value is -1.63. The Bertz CT molecular complexity index is 521. The normalized spacial score (nSPS) is 11.6. The third-order valence-electron chi connectivity index (χ3n) is 3.28. The van der Waals surface area contributed by atoms with E-state index in [0.717, 1.165) is 6.42 Å². The van der Waals surface area contributed by atoms with Gasteiger partial charge in [-0.15, -0.1) is 0 Å². The van der Waals surface area contributed by atoms with Crippen LogP contribution in [0, 0.1) is 0 Å². The molecule has 0 aliphatic rings. The van der Waals surface area contributed by atoms with Crippen LogP contribution in [-0.2, 0) is 11.8 Å². The quantitative estimate of drug-likeness (QED) is 0.746. The first kappa shape index (κ1) is 12.8. The van der Waals surface area contributed by atoms with E-state index in [2.05, 4.69) is 63.0 Å². The maximum Gasteiger partial charge on any atom is 0.0273 e. The molecule has 1 heteroatoms. The molecule has 0 saturated heterocycles. The summed E-state index contributed by atoms with van der Waals surface area (Å²) in [4.78, 5) is 4.08. The Kier molecular flexibility index (Phi) is 3.51. The standard InChI is InChI=1S/C17H21N/c1-5-13-10-15(14-6-8-18-9-7-14)12-16(11-13)17(2,3)4/h6-12H,5H2,1-4H3. The average Bonchev–Trinajstić information content (AvgIpc) is 2.38. The van der Waals surface area contributed by atoms with Crippen molar-refractivity contribution < 1.29 is 0 Å². The van der Waals surface area contributed by atoms with Gasteiger partial charge in [0, 0.05) is 12.4 Å². The summed E-state index contributed by atoms with van der Waals surface area (Å²) in [5.74, 6) is 0. The van der Waals surface area contributed by atoms with Gasteiger partial charge in [0.25, 0.3) is 0 Å². The van der Waals surface area contributed by atoms with Crippen LogP contribution in [-0.4, -0.2) is 4.98 Å². The molecule has 1 aromatic carbocycles. The first-order valence-electron chi connectivity index (χ1n) is 6.55. The molecule has 0 aliphatic heterocycles. The van der Waals surface area contributed by atoms with Gasteiger partial charge in [-0.05, 0) is 46.2 Å². The number of pyridine rings is 1. The monoisotopic (exact) mass is 239 g/mol. The van der Waals surface area contributed by atoms with E-state index in [1.165, 1.54) is 22.3 Å². The summed E-state index contributed by atoms with van der Waals surface area (Å²) in [6.45, 7) is 8.99. The fourth-order valence-electron chi connectivity index (χ4n) is 2.04. The summed E-state index contributed by atoms with van der Waals surface area (Å²) < 4.78 is 0. The summed E-state index contributed by atoms with van der Waals surface area (Å²) >= 11 is 0. The molecule has 94 valence electrons. The van der Waals surface area contributed by atoms with Crippen LogP contribution in [0.5, 0.6) is 0 Å². The van der Waals surface area contributed by atoms with Crippen LogP contribution in [0.1, 0.15) is 38.8 Å². The fraction of sp³-hybridized carbons (Fsp3) is 0.353. The van der Waals surface area contributed by atoms with Crippen molar-refractivity contribution in [3.8, 4) is 11.1 Å². The lowest BCUT2D eigenvalue weighted by Crippen LogP contribution is -2.11. The molecule has 18 heavy (non-hydrogen) atoms. The van der Waals surface area contributed by atoms with Gasteiger partial charge < -0.3 is 0 Å². The van der Waals surface area contributed by atoms with Crippen molar-refractivity contribution in [2.24, 2.45) is 0 Å².